The highest BCUT2D eigenvalue weighted by atomic mass is 32.1. The molecule has 0 fully saturated rings. The summed E-state index contributed by atoms with van der Waals surface area (Å²) < 4.78 is 12.9. The van der Waals surface area contributed by atoms with Gasteiger partial charge >= 0.3 is 0 Å². The first-order valence-electron chi connectivity index (χ1n) is 3.57. The fourth-order valence-corrected chi connectivity index (χ4v) is 0.862. The van der Waals surface area contributed by atoms with E-state index in [0.29, 0.717) is 0 Å². The second-order valence-corrected chi connectivity index (χ2v) is 3.37. The number of rotatable bonds is 4. The van der Waals surface area contributed by atoms with Crippen LogP contribution in [-0.4, -0.2) is 19.2 Å². The number of alkyl halides is 1. The molecule has 0 rings (SSSR count). The van der Waals surface area contributed by atoms with Gasteiger partial charge in [0.2, 0.25) is 0 Å². The Morgan fingerprint density at radius 3 is 2.50 bits per heavy atom. The molecule has 0 heterocycles. The van der Waals surface area contributed by atoms with Crippen molar-refractivity contribution in [3.8, 4) is 0 Å². The summed E-state index contributed by atoms with van der Waals surface area (Å²) in [6, 6.07) is 0. The molecule has 0 aliphatic rings. The highest BCUT2D eigenvalue weighted by Gasteiger charge is 2.22. The zero-order valence-electron chi connectivity index (χ0n) is 6.60. The highest BCUT2D eigenvalue weighted by molar-refractivity contribution is 7.80. The van der Waals surface area contributed by atoms with Gasteiger partial charge in [0, 0.05) is 0 Å². The minimum Gasteiger partial charge on any atom is -0.255 e. The summed E-state index contributed by atoms with van der Waals surface area (Å²) in [4.78, 5) is 0. The third-order valence-electron chi connectivity index (χ3n) is 1.76. The first-order chi connectivity index (χ1) is 4.48. The zero-order chi connectivity index (χ0) is 8.20. The van der Waals surface area contributed by atoms with E-state index < -0.39 is 5.57 Å². The van der Waals surface area contributed by atoms with E-state index in [1.54, 1.807) is 0 Å². The maximum atomic E-state index is 12.9. The van der Waals surface area contributed by atoms with Crippen molar-refractivity contribution in [2.45, 2.75) is 32.3 Å². The van der Waals surface area contributed by atoms with E-state index in [4.69, 9.17) is 7.85 Å². The molecule has 0 spiro atoms. The molecular formula is C7H14BFS. The highest BCUT2D eigenvalue weighted by Crippen LogP contribution is 2.22. The molecule has 0 amide bonds. The lowest BCUT2D eigenvalue weighted by Gasteiger charge is -2.23. The van der Waals surface area contributed by atoms with E-state index in [0.717, 1.165) is 18.6 Å². The fourth-order valence-electron chi connectivity index (χ4n) is 0.680. The second-order valence-electron chi connectivity index (χ2n) is 2.92. The normalized spacial score (nSPS) is 20.0. The van der Waals surface area contributed by atoms with Crippen LogP contribution in [0.1, 0.15) is 26.7 Å². The predicted molar refractivity (Wildman–Crippen MR) is 47.5 cm³/mol. The van der Waals surface area contributed by atoms with Crippen LogP contribution in [0.2, 0.25) is 0 Å². The molecule has 0 aromatic carbocycles. The van der Waals surface area contributed by atoms with E-state index in [1.165, 1.54) is 6.92 Å². The zero-order valence-corrected chi connectivity index (χ0v) is 7.50. The molecule has 0 bridgehead atoms. The fraction of sp³-hybridized carbons (Fsp3) is 1.00. The quantitative estimate of drug-likeness (QED) is 0.473. The smallest absolute Gasteiger partial charge is 0.121 e. The van der Waals surface area contributed by atoms with E-state index in [1.807, 2.05) is 6.92 Å². The SMILES string of the molecule is [B]C(C)(F)C(C)CCCS. The van der Waals surface area contributed by atoms with Crippen LogP contribution < -0.4 is 0 Å². The van der Waals surface area contributed by atoms with Gasteiger partial charge in [0.25, 0.3) is 0 Å². The Morgan fingerprint density at radius 1 is 1.70 bits per heavy atom. The number of hydrogen-bond acceptors (Lipinski definition) is 1. The first-order valence-corrected chi connectivity index (χ1v) is 4.20. The minimum absolute atomic E-state index is 0.0698. The van der Waals surface area contributed by atoms with Crippen molar-refractivity contribution in [2.24, 2.45) is 5.92 Å². The maximum Gasteiger partial charge on any atom is 0.121 e. The van der Waals surface area contributed by atoms with Crippen LogP contribution >= 0.6 is 12.6 Å². The van der Waals surface area contributed by atoms with Gasteiger partial charge < -0.3 is 0 Å². The molecule has 0 N–H and O–H groups in total. The summed E-state index contributed by atoms with van der Waals surface area (Å²) in [5.74, 6) is 0.736. The van der Waals surface area contributed by atoms with Gasteiger partial charge in [0.05, 0.1) is 5.57 Å². The third kappa shape index (κ3) is 4.21. The summed E-state index contributed by atoms with van der Waals surface area (Å²) in [6.45, 7) is 3.24. The summed E-state index contributed by atoms with van der Waals surface area (Å²) in [6.07, 6.45) is 1.74. The summed E-state index contributed by atoms with van der Waals surface area (Å²) in [5, 5.41) is 0. The van der Waals surface area contributed by atoms with Crippen molar-refractivity contribution in [1.29, 1.82) is 0 Å². The molecule has 0 aliphatic heterocycles. The minimum atomic E-state index is -1.52. The van der Waals surface area contributed by atoms with Crippen LogP contribution in [0.4, 0.5) is 4.39 Å². The monoisotopic (exact) mass is 160 g/mol. The largest absolute Gasteiger partial charge is 0.255 e. The average Bonchev–Trinajstić information content (AvgIpc) is 1.80. The lowest BCUT2D eigenvalue weighted by atomic mass is 9.74. The van der Waals surface area contributed by atoms with Crippen molar-refractivity contribution in [1.82, 2.24) is 0 Å². The Hall–Kier alpha value is 0.345. The molecule has 2 atom stereocenters. The third-order valence-corrected chi connectivity index (χ3v) is 2.08. The number of hydrogen-bond donors (Lipinski definition) is 1. The van der Waals surface area contributed by atoms with Gasteiger partial charge in [-0.3, -0.25) is 4.39 Å². The van der Waals surface area contributed by atoms with Crippen molar-refractivity contribution >= 4 is 20.5 Å². The molecule has 0 aliphatic carbocycles. The van der Waals surface area contributed by atoms with E-state index in [9.17, 15) is 4.39 Å². The topological polar surface area (TPSA) is 0 Å². The summed E-state index contributed by atoms with van der Waals surface area (Å²) in [7, 11) is 5.23. The lowest BCUT2D eigenvalue weighted by Crippen LogP contribution is -2.27. The van der Waals surface area contributed by atoms with Gasteiger partial charge in [-0.2, -0.15) is 12.6 Å². The van der Waals surface area contributed by atoms with E-state index in [-0.39, 0.29) is 5.92 Å². The van der Waals surface area contributed by atoms with Crippen LogP contribution in [0.15, 0.2) is 0 Å². The molecule has 3 heteroatoms. The second kappa shape index (κ2) is 4.27. The van der Waals surface area contributed by atoms with Gasteiger partial charge in [-0.25, -0.2) is 0 Å². The van der Waals surface area contributed by atoms with Crippen LogP contribution in [0.25, 0.3) is 0 Å². The molecule has 2 unspecified atom stereocenters. The van der Waals surface area contributed by atoms with Gasteiger partial charge in [0.15, 0.2) is 0 Å². The van der Waals surface area contributed by atoms with Crippen LogP contribution in [-0.2, 0) is 0 Å². The molecular weight excluding hydrogens is 146 g/mol. The Bertz CT molecular complexity index is 90.1. The lowest BCUT2D eigenvalue weighted by molar-refractivity contribution is 0.203. The molecule has 0 nitrogen and oxygen atoms in total. The van der Waals surface area contributed by atoms with E-state index in [2.05, 4.69) is 12.6 Å². The molecule has 0 saturated heterocycles. The maximum absolute atomic E-state index is 12.9. The van der Waals surface area contributed by atoms with Crippen LogP contribution in [0, 0.1) is 5.92 Å². The van der Waals surface area contributed by atoms with E-state index >= 15 is 0 Å². The summed E-state index contributed by atoms with van der Waals surface area (Å²) >= 11 is 4.03. The predicted octanol–water partition coefficient (Wildman–Crippen LogP) is 2.19. The number of thiol groups is 1. The van der Waals surface area contributed by atoms with Gasteiger partial charge in [0.1, 0.15) is 7.85 Å². The van der Waals surface area contributed by atoms with Crippen molar-refractivity contribution < 1.29 is 4.39 Å². The first kappa shape index (κ1) is 10.3. The molecule has 0 aromatic rings. The molecule has 0 saturated carbocycles. The molecule has 0 aromatic heterocycles. The Balaban J connectivity index is 3.52. The van der Waals surface area contributed by atoms with Crippen molar-refractivity contribution in [3.05, 3.63) is 0 Å². The van der Waals surface area contributed by atoms with Crippen LogP contribution in [0.5, 0.6) is 0 Å². The van der Waals surface area contributed by atoms with Gasteiger partial charge in [-0.05, 0) is 31.4 Å². The molecule has 58 valence electrons. The standard InChI is InChI=1S/C7H14BFS/c1-6(4-3-5-10)7(2,8)9/h6,10H,3-5H2,1-2H3. The van der Waals surface area contributed by atoms with Gasteiger partial charge in [-0.15, -0.1) is 0 Å². The van der Waals surface area contributed by atoms with Crippen molar-refractivity contribution in [2.75, 3.05) is 5.75 Å². The van der Waals surface area contributed by atoms with Crippen LogP contribution in [0.3, 0.4) is 0 Å². The summed E-state index contributed by atoms with van der Waals surface area (Å²) in [5.41, 5.74) is -1.52. The van der Waals surface area contributed by atoms with Crippen molar-refractivity contribution in [3.63, 3.8) is 0 Å². The Labute approximate surface area is 69.4 Å². The Kier molecular flexibility index (Phi) is 4.42. The number of halogens is 1. The Morgan fingerprint density at radius 2 is 2.20 bits per heavy atom. The average molecular weight is 160 g/mol. The molecule has 10 heavy (non-hydrogen) atoms. The molecule has 2 radical (unpaired) electrons. The van der Waals surface area contributed by atoms with Gasteiger partial charge in [-0.1, -0.05) is 6.92 Å².